The number of unbranched alkanes of at least 4 members (excludes halogenated alkanes) is 1. The van der Waals surface area contributed by atoms with Crippen molar-refractivity contribution in [2.45, 2.75) is 64.8 Å². The maximum Gasteiger partial charge on any atom is 0.223 e. The molecule has 1 unspecified atom stereocenters. The van der Waals surface area contributed by atoms with Crippen LogP contribution >= 0.6 is 0 Å². The van der Waals surface area contributed by atoms with E-state index in [2.05, 4.69) is 26.1 Å². The molecule has 82 valence electrons. The number of nitrogens with one attached hydrogen (secondary N) is 1. The first-order valence-electron chi connectivity index (χ1n) is 5.93. The van der Waals surface area contributed by atoms with Crippen LogP contribution in [0.3, 0.4) is 0 Å². The van der Waals surface area contributed by atoms with E-state index >= 15 is 0 Å². The molecule has 0 heterocycles. The summed E-state index contributed by atoms with van der Waals surface area (Å²) in [6.07, 6.45) is 6.74. The summed E-state index contributed by atoms with van der Waals surface area (Å²) in [5, 5.41) is 3.20. The minimum Gasteiger partial charge on any atom is -0.351 e. The highest BCUT2D eigenvalue weighted by atomic mass is 16.2. The fourth-order valence-electron chi connectivity index (χ4n) is 1.64. The van der Waals surface area contributed by atoms with E-state index in [9.17, 15) is 4.79 Å². The standard InChI is InChI=1S/C12H23NO/c1-4-6-9-12(3,5-2)13-11(14)10-7-8-10/h10H,4-9H2,1-3H3,(H,13,14). The van der Waals surface area contributed by atoms with E-state index in [1.165, 1.54) is 12.8 Å². The molecule has 0 aromatic heterocycles. The first kappa shape index (κ1) is 11.5. The van der Waals surface area contributed by atoms with Gasteiger partial charge in [-0.1, -0.05) is 26.7 Å². The first-order valence-corrected chi connectivity index (χ1v) is 5.93. The van der Waals surface area contributed by atoms with Crippen molar-refractivity contribution in [3.63, 3.8) is 0 Å². The summed E-state index contributed by atoms with van der Waals surface area (Å²) in [5.41, 5.74) is 0.0374. The van der Waals surface area contributed by atoms with Crippen molar-refractivity contribution in [3.8, 4) is 0 Å². The molecule has 0 aliphatic heterocycles. The normalized spacial score (nSPS) is 20.2. The molecule has 1 aliphatic carbocycles. The highest BCUT2D eigenvalue weighted by molar-refractivity contribution is 5.81. The lowest BCUT2D eigenvalue weighted by molar-refractivity contribution is -0.124. The third kappa shape index (κ3) is 3.32. The zero-order chi connectivity index (χ0) is 10.6. The smallest absolute Gasteiger partial charge is 0.223 e. The number of carbonyl (C=O) groups is 1. The second-order valence-electron chi connectivity index (χ2n) is 4.78. The maximum atomic E-state index is 11.6. The Hall–Kier alpha value is -0.530. The van der Waals surface area contributed by atoms with E-state index in [-0.39, 0.29) is 11.4 Å². The second-order valence-corrected chi connectivity index (χ2v) is 4.78. The Morgan fingerprint density at radius 2 is 2.07 bits per heavy atom. The Balaban J connectivity index is 2.37. The Kier molecular flexibility index (Phi) is 3.97. The van der Waals surface area contributed by atoms with E-state index in [0.29, 0.717) is 5.92 Å². The lowest BCUT2D eigenvalue weighted by Crippen LogP contribution is -2.46. The van der Waals surface area contributed by atoms with Gasteiger partial charge in [-0.25, -0.2) is 0 Å². The molecular formula is C12H23NO. The van der Waals surface area contributed by atoms with Crippen LogP contribution in [0.2, 0.25) is 0 Å². The van der Waals surface area contributed by atoms with Gasteiger partial charge in [-0.15, -0.1) is 0 Å². The van der Waals surface area contributed by atoms with Gasteiger partial charge in [0, 0.05) is 11.5 Å². The van der Waals surface area contributed by atoms with Crippen molar-refractivity contribution < 1.29 is 4.79 Å². The Morgan fingerprint density at radius 3 is 2.50 bits per heavy atom. The molecule has 1 amide bonds. The number of carbonyl (C=O) groups excluding carboxylic acids is 1. The Bertz CT molecular complexity index is 198. The van der Waals surface area contributed by atoms with Crippen molar-refractivity contribution in [2.24, 2.45) is 5.92 Å². The molecule has 0 aromatic carbocycles. The first-order chi connectivity index (χ1) is 6.61. The molecule has 0 radical (unpaired) electrons. The molecule has 1 atom stereocenters. The van der Waals surface area contributed by atoms with Crippen molar-refractivity contribution in [1.82, 2.24) is 5.32 Å². The minimum atomic E-state index is 0.0374. The van der Waals surface area contributed by atoms with Gasteiger partial charge in [0.1, 0.15) is 0 Å². The summed E-state index contributed by atoms with van der Waals surface area (Å²) in [7, 11) is 0. The molecule has 0 bridgehead atoms. The van der Waals surface area contributed by atoms with Crippen molar-refractivity contribution in [2.75, 3.05) is 0 Å². The fourth-order valence-corrected chi connectivity index (χ4v) is 1.64. The summed E-state index contributed by atoms with van der Waals surface area (Å²) in [5.74, 6) is 0.618. The summed E-state index contributed by atoms with van der Waals surface area (Å²) < 4.78 is 0. The summed E-state index contributed by atoms with van der Waals surface area (Å²) in [6.45, 7) is 6.52. The molecule has 0 aromatic rings. The molecule has 1 fully saturated rings. The molecule has 0 spiro atoms. The van der Waals surface area contributed by atoms with Crippen LogP contribution in [-0.4, -0.2) is 11.4 Å². The zero-order valence-electron chi connectivity index (χ0n) is 9.73. The van der Waals surface area contributed by atoms with Crippen LogP contribution < -0.4 is 5.32 Å². The third-order valence-electron chi connectivity index (χ3n) is 3.24. The van der Waals surface area contributed by atoms with E-state index in [1.807, 2.05) is 0 Å². The van der Waals surface area contributed by atoms with E-state index < -0.39 is 0 Å². The van der Waals surface area contributed by atoms with Gasteiger partial charge in [0.2, 0.25) is 5.91 Å². The second kappa shape index (κ2) is 4.81. The zero-order valence-corrected chi connectivity index (χ0v) is 9.73. The predicted octanol–water partition coefficient (Wildman–Crippen LogP) is 2.87. The van der Waals surface area contributed by atoms with Gasteiger partial charge in [-0.05, 0) is 32.6 Å². The maximum absolute atomic E-state index is 11.6. The molecular weight excluding hydrogens is 174 g/mol. The van der Waals surface area contributed by atoms with Gasteiger partial charge in [0.25, 0.3) is 0 Å². The Labute approximate surface area is 87.5 Å². The van der Waals surface area contributed by atoms with Gasteiger partial charge in [0.05, 0.1) is 0 Å². The van der Waals surface area contributed by atoms with Crippen LogP contribution in [-0.2, 0) is 4.79 Å². The van der Waals surface area contributed by atoms with Crippen LogP contribution in [0.15, 0.2) is 0 Å². The van der Waals surface area contributed by atoms with E-state index in [1.54, 1.807) is 0 Å². The van der Waals surface area contributed by atoms with Gasteiger partial charge in [-0.3, -0.25) is 4.79 Å². The summed E-state index contributed by atoms with van der Waals surface area (Å²) >= 11 is 0. The lowest BCUT2D eigenvalue weighted by atomic mass is 9.92. The van der Waals surface area contributed by atoms with Gasteiger partial charge >= 0.3 is 0 Å². The molecule has 1 aliphatic rings. The average Bonchev–Trinajstić information content (AvgIpc) is 2.98. The highest BCUT2D eigenvalue weighted by Gasteiger charge is 2.33. The molecule has 1 saturated carbocycles. The van der Waals surface area contributed by atoms with Crippen LogP contribution in [0, 0.1) is 5.92 Å². The largest absolute Gasteiger partial charge is 0.351 e. The van der Waals surface area contributed by atoms with Crippen LogP contribution in [0.5, 0.6) is 0 Å². The molecule has 0 saturated heterocycles. The summed E-state index contributed by atoms with van der Waals surface area (Å²) in [6, 6.07) is 0. The molecule has 1 N–H and O–H groups in total. The molecule has 14 heavy (non-hydrogen) atoms. The number of hydrogen-bond donors (Lipinski definition) is 1. The molecule has 2 heteroatoms. The van der Waals surface area contributed by atoms with Gasteiger partial charge < -0.3 is 5.32 Å². The van der Waals surface area contributed by atoms with E-state index in [0.717, 1.165) is 25.7 Å². The Morgan fingerprint density at radius 1 is 1.43 bits per heavy atom. The van der Waals surface area contributed by atoms with Crippen molar-refractivity contribution in [1.29, 1.82) is 0 Å². The quantitative estimate of drug-likeness (QED) is 0.697. The lowest BCUT2D eigenvalue weighted by Gasteiger charge is -2.29. The predicted molar refractivity (Wildman–Crippen MR) is 59.1 cm³/mol. The number of rotatable bonds is 6. The summed E-state index contributed by atoms with van der Waals surface area (Å²) in [4.78, 5) is 11.6. The molecule has 1 rings (SSSR count). The van der Waals surface area contributed by atoms with Crippen molar-refractivity contribution >= 4 is 5.91 Å². The average molecular weight is 197 g/mol. The molecule has 2 nitrogen and oxygen atoms in total. The monoisotopic (exact) mass is 197 g/mol. The topological polar surface area (TPSA) is 29.1 Å². The SMILES string of the molecule is CCCCC(C)(CC)NC(=O)C1CC1. The van der Waals surface area contributed by atoms with Gasteiger partial charge in [0.15, 0.2) is 0 Å². The third-order valence-corrected chi connectivity index (χ3v) is 3.24. The number of amides is 1. The highest BCUT2D eigenvalue weighted by Crippen LogP contribution is 2.30. The fraction of sp³-hybridized carbons (Fsp3) is 0.917. The van der Waals surface area contributed by atoms with E-state index in [4.69, 9.17) is 0 Å². The van der Waals surface area contributed by atoms with Crippen LogP contribution in [0.1, 0.15) is 59.3 Å². The van der Waals surface area contributed by atoms with Crippen molar-refractivity contribution in [3.05, 3.63) is 0 Å². The number of hydrogen-bond acceptors (Lipinski definition) is 1. The van der Waals surface area contributed by atoms with Crippen LogP contribution in [0.25, 0.3) is 0 Å². The minimum absolute atomic E-state index is 0.0374. The van der Waals surface area contributed by atoms with Gasteiger partial charge in [-0.2, -0.15) is 0 Å². The van der Waals surface area contributed by atoms with Crippen LogP contribution in [0.4, 0.5) is 0 Å².